The predicted octanol–water partition coefficient (Wildman–Crippen LogP) is 3.45. The van der Waals surface area contributed by atoms with E-state index in [9.17, 15) is 19.2 Å². The molecule has 0 aromatic heterocycles. The lowest BCUT2D eigenvalue weighted by atomic mass is 9.94. The molecule has 0 spiro atoms. The molecule has 1 aliphatic carbocycles. The number of imide groups is 1. The third-order valence-corrected chi connectivity index (χ3v) is 6.72. The van der Waals surface area contributed by atoms with Gasteiger partial charge in [-0.1, -0.05) is 19.3 Å². The maximum absolute atomic E-state index is 13.5. The van der Waals surface area contributed by atoms with Gasteiger partial charge in [-0.3, -0.25) is 24.1 Å². The van der Waals surface area contributed by atoms with Crippen molar-refractivity contribution in [2.45, 2.75) is 44.7 Å². The summed E-state index contributed by atoms with van der Waals surface area (Å²) in [6.07, 6.45) is 4.68. The second-order valence-electron chi connectivity index (χ2n) is 8.99. The van der Waals surface area contributed by atoms with E-state index in [0.717, 1.165) is 32.1 Å². The molecule has 190 valence electrons. The summed E-state index contributed by atoms with van der Waals surface area (Å²) in [6, 6.07) is 9.59. The summed E-state index contributed by atoms with van der Waals surface area (Å²) in [5.41, 5.74) is 1.41. The maximum atomic E-state index is 13.5. The number of hydrogen-bond acceptors (Lipinski definition) is 7. The number of benzene rings is 2. The number of hydrogen-bond donors (Lipinski definition) is 0. The van der Waals surface area contributed by atoms with E-state index < -0.39 is 11.9 Å². The van der Waals surface area contributed by atoms with Crippen LogP contribution in [0, 0.1) is 0 Å². The van der Waals surface area contributed by atoms with Gasteiger partial charge in [0, 0.05) is 24.2 Å². The SMILES string of the molecule is COC(=O)CN(Cc1cc(OC)cc(OC)c1)C(=O)c1ccc2c(c1)C(=O)N(C1CCCCC1)C2=O. The molecule has 2 aliphatic rings. The molecule has 0 atom stereocenters. The van der Waals surface area contributed by atoms with Gasteiger partial charge >= 0.3 is 5.97 Å². The maximum Gasteiger partial charge on any atom is 0.325 e. The lowest BCUT2D eigenvalue weighted by Crippen LogP contribution is -2.40. The molecule has 9 heteroatoms. The highest BCUT2D eigenvalue weighted by atomic mass is 16.5. The van der Waals surface area contributed by atoms with Crippen LogP contribution in [0.25, 0.3) is 0 Å². The number of rotatable bonds is 8. The van der Waals surface area contributed by atoms with Gasteiger partial charge in [0.25, 0.3) is 17.7 Å². The van der Waals surface area contributed by atoms with Crippen LogP contribution in [0.4, 0.5) is 0 Å². The fraction of sp³-hybridized carbons (Fsp3) is 0.407. The van der Waals surface area contributed by atoms with E-state index in [1.165, 1.54) is 49.3 Å². The van der Waals surface area contributed by atoms with Crippen molar-refractivity contribution in [3.63, 3.8) is 0 Å². The molecule has 9 nitrogen and oxygen atoms in total. The Morgan fingerprint density at radius 2 is 1.53 bits per heavy atom. The fourth-order valence-corrected chi connectivity index (χ4v) is 4.84. The normalized spacial score (nSPS) is 15.5. The quantitative estimate of drug-likeness (QED) is 0.409. The molecule has 0 saturated heterocycles. The molecule has 3 amide bonds. The average molecular weight is 495 g/mol. The number of ether oxygens (including phenoxy) is 3. The zero-order valence-electron chi connectivity index (χ0n) is 20.7. The van der Waals surface area contributed by atoms with Gasteiger partial charge in [0.05, 0.1) is 32.5 Å². The minimum atomic E-state index is -0.589. The molecule has 0 N–H and O–H groups in total. The topological polar surface area (TPSA) is 102 Å². The van der Waals surface area contributed by atoms with Crippen LogP contribution in [0.3, 0.4) is 0 Å². The molecular weight excluding hydrogens is 464 g/mol. The highest BCUT2D eigenvalue weighted by Crippen LogP contribution is 2.32. The van der Waals surface area contributed by atoms with Gasteiger partial charge in [0.1, 0.15) is 18.0 Å². The summed E-state index contributed by atoms with van der Waals surface area (Å²) < 4.78 is 15.4. The lowest BCUT2D eigenvalue weighted by molar-refractivity contribution is -0.141. The predicted molar refractivity (Wildman–Crippen MR) is 130 cm³/mol. The third-order valence-electron chi connectivity index (χ3n) is 6.72. The Hall–Kier alpha value is -3.88. The van der Waals surface area contributed by atoms with E-state index in [0.29, 0.717) is 22.6 Å². The molecule has 0 radical (unpaired) electrons. The van der Waals surface area contributed by atoms with Crippen LogP contribution in [0.5, 0.6) is 11.5 Å². The molecular formula is C27H30N2O7. The summed E-state index contributed by atoms with van der Waals surface area (Å²) in [6.45, 7) is -0.229. The van der Waals surface area contributed by atoms with Gasteiger partial charge < -0.3 is 19.1 Å². The first-order chi connectivity index (χ1) is 17.4. The van der Waals surface area contributed by atoms with E-state index in [2.05, 4.69) is 0 Å². The van der Waals surface area contributed by atoms with Crippen LogP contribution in [-0.4, -0.2) is 67.4 Å². The average Bonchev–Trinajstić information content (AvgIpc) is 3.16. The van der Waals surface area contributed by atoms with Crippen molar-refractivity contribution in [3.8, 4) is 11.5 Å². The number of fused-ring (bicyclic) bond motifs is 1. The summed E-state index contributed by atoms with van der Waals surface area (Å²) in [7, 11) is 4.30. The number of carbonyl (C=O) groups excluding carboxylic acids is 4. The largest absolute Gasteiger partial charge is 0.497 e. The molecule has 1 saturated carbocycles. The monoisotopic (exact) mass is 494 g/mol. The van der Waals surface area contributed by atoms with Gasteiger partial charge in [-0.2, -0.15) is 0 Å². The Morgan fingerprint density at radius 3 is 2.14 bits per heavy atom. The number of carbonyl (C=O) groups is 4. The van der Waals surface area contributed by atoms with E-state index in [4.69, 9.17) is 14.2 Å². The summed E-state index contributed by atoms with van der Waals surface area (Å²) in [4.78, 5) is 54.5. The summed E-state index contributed by atoms with van der Waals surface area (Å²) in [5.74, 6) is -0.654. The van der Waals surface area contributed by atoms with E-state index >= 15 is 0 Å². The highest BCUT2D eigenvalue weighted by Gasteiger charge is 2.40. The van der Waals surface area contributed by atoms with Gasteiger partial charge in [-0.05, 0) is 48.7 Å². The van der Waals surface area contributed by atoms with Crippen molar-refractivity contribution in [2.75, 3.05) is 27.9 Å². The van der Waals surface area contributed by atoms with Crippen LogP contribution in [0.15, 0.2) is 36.4 Å². The van der Waals surface area contributed by atoms with Crippen LogP contribution in [0.2, 0.25) is 0 Å². The number of amides is 3. The Balaban J connectivity index is 1.62. The van der Waals surface area contributed by atoms with Gasteiger partial charge in [0.2, 0.25) is 0 Å². The Morgan fingerprint density at radius 1 is 0.889 bits per heavy atom. The number of esters is 1. The molecule has 0 bridgehead atoms. The van der Waals surface area contributed by atoms with Crippen molar-refractivity contribution in [1.29, 1.82) is 0 Å². The fourth-order valence-electron chi connectivity index (χ4n) is 4.84. The second-order valence-corrected chi connectivity index (χ2v) is 8.99. The van der Waals surface area contributed by atoms with E-state index in [1.807, 2.05) is 0 Å². The minimum Gasteiger partial charge on any atom is -0.497 e. The Bertz CT molecular complexity index is 1160. The van der Waals surface area contributed by atoms with Crippen molar-refractivity contribution < 1.29 is 33.4 Å². The van der Waals surface area contributed by atoms with Gasteiger partial charge in [-0.25, -0.2) is 0 Å². The van der Waals surface area contributed by atoms with Crippen molar-refractivity contribution in [1.82, 2.24) is 9.80 Å². The first kappa shape index (κ1) is 25.2. The molecule has 1 heterocycles. The van der Waals surface area contributed by atoms with Crippen LogP contribution in [-0.2, 0) is 16.1 Å². The Kier molecular flexibility index (Phi) is 7.57. The molecule has 4 rings (SSSR count). The Labute approximate surface area is 209 Å². The molecule has 1 aliphatic heterocycles. The number of methoxy groups -OCH3 is 3. The zero-order valence-corrected chi connectivity index (χ0v) is 20.7. The third kappa shape index (κ3) is 5.05. The van der Waals surface area contributed by atoms with Crippen molar-refractivity contribution >= 4 is 23.7 Å². The van der Waals surface area contributed by atoms with E-state index in [-0.39, 0.29) is 42.1 Å². The summed E-state index contributed by atoms with van der Waals surface area (Å²) in [5, 5.41) is 0. The first-order valence-corrected chi connectivity index (χ1v) is 12.0. The zero-order chi connectivity index (χ0) is 25.8. The van der Waals surface area contributed by atoms with Crippen molar-refractivity contribution in [2.24, 2.45) is 0 Å². The molecule has 2 aromatic carbocycles. The minimum absolute atomic E-state index is 0.0691. The van der Waals surface area contributed by atoms with Crippen LogP contribution in [0.1, 0.15) is 68.7 Å². The smallest absolute Gasteiger partial charge is 0.325 e. The molecule has 2 aromatic rings. The van der Waals surface area contributed by atoms with E-state index in [1.54, 1.807) is 18.2 Å². The molecule has 0 unspecified atom stereocenters. The molecule has 1 fully saturated rings. The summed E-state index contributed by atoms with van der Waals surface area (Å²) >= 11 is 0. The second kappa shape index (κ2) is 10.8. The van der Waals surface area contributed by atoms with Crippen LogP contribution < -0.4 is 9.47 Å². The van der Waals surface area contributed by atoms with Gasteiger partial charge in [-0.15, -0.1) is 0 Å². The highest BCUT2D eigenvalue weighted by molar-refractivity contribution is 6.22. The van der Waals surface area contributed by atoms with Crippen molar-refractivity contribution in [3.05, 3.63) is 58.7 Å². The number of nitrogens with zero attached hydrogens (tertiary/aromatic N) is 2. The standard InChI is InChI=1S/C27H30N2O7/c1-34-20-11-17(12-21(14-20)35-2)15-28(16-24(30)36-3)25(31)18-9-10-22-23(13-18)27(33)29(26(22)32)19-7-5-4-6-8-19/h9-14,19H,4-8,15-16H2,1-3H3. The van der Waals surface area contributed by atoms with Crippen LogP contribution >= 0.6 is 0 Å². The first-order valence-electron chi connectivity index (χ1n) is 12.0. The lowest BCUT2D eigenvalue weighted by Gasteiger charge is -2.29. The molecule has 36 heavy (non-hydrogen) atoms. The van der Waals surface area contributed by atoms with Gasteiger partial charge in [0.15, 0.2) is 0 Å².